The molecule has 1 N–H and O–H groups in total. The van der Waals surface area contributed by atoms with Crippen LogP contribution in [0.2, 0.25) is 10.0 Å². The predicted octanol–water partition coefficient (Wildman–Crippen LogP) is 4.38. The number of benzene rings is 2. The van der Waals surface area contributed by atoms with Gasteiger partial charge in [0, 0.05) is 11.3 Å². The molecule has 0 bridgehead atoms. The molecular weight excluding hydrogens is 365 g/mol. The highest BCUT2D eigenvalue weighted by atomic mass is 35.5. The van der Waals surface area contributed by atoms with Crippen molar-refractivity contribution in [2.75, 3.05) is 5.32 Å². The first-order chi connectivity index (χ1) is 11.8. The van der Waals surface area contributed by atoms with Crippen molar-refractivity contribution in [3.63, 3.8) is 0 Å². The number of carbonyl (C=O) groups is 3. The lowest BCUT2D eigenvalue weighted by Gasteiger charge is -2.15. The number of nitrogens with one attached hydrogen (secondary N) is 1. The third-order valence-corrected chi connectivity index (χ3v) is 3.99. The van der Waals surface area contributed by atoms with Crippen LogP contribution < -0.4 is 5.32 Å². The van der Waals surface area contributed by atoms with Gasteiger partial charge in [-0.05, 0) is 38.1 Å². The van der Waals surface area contributed by atoms with E-state index in [0.29, 0.717) is 11.3 Å². The SMILES string of the molecule is CC(=O)c1cccc(NC(=O)[C@H](C)OC(=O)c2c(Cl)cccc2Cl)c1. The molecule has 1 amide bonds. The van der Waals surface area contributed by atoms with Crippen molar-refractivity contribution in [3.05, 3.63) is 63.6 Å². The highest BCUT2D eigenvalue weighted by molar-refractivity contribution is 6.39. The fourth-order valence-corrected chi connectivity index (χ4v) is 2.58. The second kappa shape index (κ2) is 8.14. The van der Waals surface area contributed by atoms with Crippen LogP contribution in [-0.2, 0) is 9.53 Å². The summed E-state index contributed by atoms with van der Waals surface area (Å²) in [5.74, 6) is -1.46. The molecule has 0 unspecified atom stereocenters. The molecule has 0 spiro atoms. The van der Waals surface area contributed by atoms with Crippen LogP contribution in [0.1, 0.15) is 34.6 Å². The molecule has 2 aromatic rings. The summed E-state index contributed by atoms with van der Waals surface area (Å²) in [5.41, 5.74) is 0.894. The monoisotopic (exact) mass is 379 g/mol. The van der Waals surface area contributed by atoms with Crippen molar-refractivity contribution >= 4 is 46.5 Å². The maximum atomic E-state index is 12.2. The van der Waals surface area contributed by atoms with E-state index in [0.717, 1.165) is 0 Å². The van der Waals surface area contributed by atoms with E-state index >= 15 is 0 Å². The first-order valence-corrected chi connectivity index (χ1v) is 8.12. The summed E-state index contributed by atoms with van der Waals surface area (Å²) in [6, 6.07) is 11.1. The molecule has 0 fully saturated rings. The largest absolute Gasteiger partial charge is 0.449 e. The average molecular weight is 380 g/mol. The number of anilines is 1. The highest BCUT2D eigenvalue weighted by Crippen LogP contribution is 2.25. The van der Waals surface area contributed by atoms with E-state index in [4.69, 9.17) is 27.9 Å². The van der Waals surface area contributed by atoms with Gasteiger partial charge in [-0.2, -0.15) is 0 Å². The Hall–Kier alpha value is -2.37. The average Bonchev–Trinajstić information content (AvgIpc) is 2.54. The van der Waals surface area contributed by atoms with Crippen LogP contribution in [0.3, 0.4) is 0 Å². The van der Waals surface area contributed by atoms with Crippen molar-refractivity contribution in [3.8, 4) is 0 Å². The van der Waals surface area contributed by atoms with E-state index in [1.165, 1.54) is 26.0 Å². The minimum atomic E-state index is -1.08. The summed E-state index contributed by atoms with van der Waals surface area (Å²) < 4.78 is 5.12. The van der Waals surface area contributed by atoms with Gasteiger partial charge in [0.25, 0.3) is 5.91 Å². The number of ether oxygens (including phenoxy) is 1. The lowest BCUT2D eigenvalue weighted by atomic mass is 10.1. The molecule has 0 aliphatic carbocycles. The molecule has 25 heavy (non-hydrogen) atoms. The Morgan fingerprint density at radius 2 is 1.64 bits per heavy atom. The number of ketones is 1. The van der Waals surface area contributed by atoms with Gasteiger partial charge in [0.2, 0.25) is 0 Å². The normalized spacial score (nSPS) is 11.5. The number of Topliss-reactive ketones (excluding diaryl/α,β-unsaturated/α-hetero) is 1. The summed E-state index contributed by atoms with van der Waals surface area (Å²) in [6.07, 6.45) is -1.08. The molecule has 2 aromatic carbocycles. The quantitative estimate of drug-likeness (QED) is 0.617. The molecule has 0 aromatic heterocycles. The van der Waals surface area contributed by atoms with Gasteiger partial charge in [-0.25, -0.2) is 4.79 Å². The van der Waals surface area contributed by atoms with E-state index in [1.54, 1.807) is 30.3 Å². The van der Waals surface area contributed by atoms with Crippen LogP contribution in [0.5, 0.6) is 0 Å². The molecule has 2 rings (SSSR count). The molecule has 130 valence electrons. The first-order valence-electron chi connectivity index (χ1n) is 7.36. The molecule has 5 nitrogen and oxygen atoms in total. The molecule has 0 radical (unpaired) electrons. The zero-order chi connectivity index (χ0) is 18.6. The topological polar surface area (TPSA) is 72.5 Å². The van der Waals surface area contributed by atoms with Crippen molar-refractivity contribution in [1.29, 1.82) is 0 Å². The van der Waals surface area contributed by atoms with Gasteiger partial charge < -0.3 is 10.1 Å². The Morgan fingerprint density at radius 3 is 2.24 bits per heavy atom. The van der Waals surface area contributed by atoms with Gasteiger partial charge >= 0.3 is 5.97 Å². The standard InChI is InChI=1S/C18H15Cl2NO4/c1-10(22)12-5-3-6-13(9-12)21-17(23)11(2)25-18(24)16-14(19)7-4-8-15(16)20/h3-9,11H,1-2H3,(H,21,23)/t11-/m0/s1. The molecule has 0 saturated heterocycles. The van der Waals surface area contributed by atoms with Gasteiger partial charge in [-0.3, -0.25) is 9.59 Å². The Labute approximate surface area is 154 Å². The van der Waals surface area contributed by atoms with E-state index in [1.807, 2.05) is 0 Å². The Balaban J connectivity index is 2.06. The summed E-state index contributed by atoms with van der Waals surface area (Å²) in [5, 5.41) is 2.87. The Morgan fingerprint density at radius 1 is 1.04 bits per heavy atom. The van der Waals surface area contributed by atoms with Crippen LogP contribution >= 0.6 is 23.2 Å². The Bertz CT molecular complexity index is 815. The van der Waals surface area contributed by atoms with Crippen LogP contribution in [-0.4, -0.2) is 23.8 Å². The third-order valence-electron chi connectivity index (χ3n) is 3.36. The van der Waals surface area contributed by atoms with Gasteiger partial charge in [0.15, 0.2) is 11.9 Å². The van der Waals surface area contributed by atoms with E-state index in [9.17, 15) is 14.4 Å². The van der Waals surface area contributed by atoms with Crippen molar-refractivity contribution < 1.29 is 19.1 Å². The lowest BCUT2D eigenvalue weighted by molar-refractivity contribution is -0.123. The maximum Gasteiger partial charge on any atom is 0.341 e. The number of rotatable bonds is 5. The number of amides is 1. The van der Waals surface area contributed by atoms with Gasteiger partial charge in [-0.15, -0.1) is 0 Å². The fraction of sp³-hybridized carbons (Fsp3) is 0.167. The van der Waals surface area contributed by atoms with E-state index in [-0.39, 0.29) is 21.4 Å². The number of hydrogen-bond acceptors (Lipinski definition) is 4. The minimum Gasteiger partial charge on any atom is -0.449 e. The molecule has 0 saturated carbocycles. The van der Waals surface area contributed by atoms with Crippen LogP contribution in [0.15, 0.2) is 42.5 Å². The van der Waals surface area contributed by atoms with Gasteiger partial charge in [0.1, 0.15) is 0 Å². The van der Waals surface area contributed by atoms with Crippen molar-refractivity contribution in [2.24, 2.45) is 0 Å². The number of esters is 1. The zero-order valence-electron chi connectivity index (χ0n) is 13.5. The number of carbonyl (C=O) groups excluding carboxylic acids is 3. The van der Waals surface area contributed by atoms with Crippen molar-refractivity contribution in [2.45, 2.75) is 20.0 Å². The maximum absolute atomic E-state index is 12.2. The zero-order valence-corrected chi connectivity index (χ0v) is 15.0. The second-order valence-electron chi connectivity index (χ2n) is 5.27. The predicted molar refractivity (Wildman–Crippen MR) is 96.4 cm³/mol. The van der Waals surface area contributed by atoms with Crippen LogP contribution in [0.4, 0.5) is 5.69 Å². The highest BCUT2D eigenvalue weighted by Gasteiger charge is 2.22. The third kappa shape index (κ3) is 4.81. The number of hydrogen-bond donors (Lipinski definition) is 1. The van der Waals surface area contributed by atoms with Crippen LogP contribution in [0, 0.1) is 0 Å². The minimum absolute atomic E-state index is 0.00376. The molecule has 0 heterocycles. The summed E-state index contributed by atoms with van der Waals surface area (Å²) >= 11 is 11.9. The second-order valence-corrected chi connectivity index (χ2v) is 6.08. The Kier molecular flexibility index (Phi) is 6.17. The van der Waals surface area contributed by atoms with E-state index in [2.05, 4.69) is 5.32 Å². The summed E-state index contributed by atoms with van der Waals surface area (Å²) in [6.45, 7) is 2.85. The fourth-order valence-electron chi connectivity index (χ4n) is 2.03. The first kappa shape index (κ1) is 19.0. The molecule has 1 atom stereocenters. The smallest absolute Gasteiger partial charge is 0.341 e. The molecule has 0 aliphatic rings. The summed E-state index contributed by atoms with van der Waals surface area (Å²) in [4.78, 5) is 35.7. The van der Waals surface area contributed by atoms with Crippen LogP contribution in [0.25, 0.3) is 0 Å². The van der Waals surface area contributed by atoms with Gasteiger partial charge in [0.05, 0.1) is 15.6 Å². The van der Waals surface area contributed by atoms with Crippen molar-refractivity contribution in [1.82, 2.24) is 0 Å². The molecule has 7 heteroatoms. The lowest BCUT2D eigenvalue weighted by Crippen LogP contribution is -2.30. The number of halogens is 2. The molecular formula is C18H15Cl2NO4. The van der Waals surface area contributed by atoms with E-state index < -0.39 is 18.0 Å². The molecule has 0 aliphatic heterocycles. The summed E-state index contributed by atoms with van der Waals surface area (Å²) in [7, 11) is 0. The van der Waals surface area contributed by atoms with Gasteiger partial charge in [-0.1, -0.05) is 41.4 Å².